The van der Waals surface area contributed by atoms with E-state index in [1.807, 2.05) is 0 Å². The number of ether oxygens (including phenoxy) is 1. The van der Waals surface area contributed by atoms with Crippen molar-refractivity contribution in [2.45, 2.75) is 6.10 Å². The first-order valence-electron chi connectivity index (χ1n) is 6.55. The molecule has 0 amide bonds. The van der Waals surface area contributed by atoms with E-state index in [4.69, 9.17) is 16.3 Å². The van der Waals surface area contributed by atoms with Crippen molar-refractivity contribution in [2.24, 2.45) is 0 Å². The first kappa shape index (κ1) is 18.5. The second-order valence-electron chi connectivity index (χ2n) is 5.02. The molecule has 0 aromatic heterocycles. The Morgan fingerprint density at radius 2 is 1.81 bits per heavy atom. The van der Waals surface area contributed by atoms with Crippen LogP contribution in [0.2, 0.25) is 5.02 Å². The van der Waals surface area contributed by atoms with Gasteiger partial charge in [0.15, 0.2) is 9.84 Å². The molecule has 1 aromatic rings. The zero-order valence-corrected chi connectivity index (χ0v) is 13.8. The van der Waals surface area contributed by atoms with Crippen LogP contribution >= 0.6 is 11.6 Å². The maximum atomic E-state index is 11.3. The number of rotatable bonds is 5. The van der Waals surface area contributed by atoms with Crippen molar-refractivity contribution < 1.29 is 35.6 Å². The van der Waals surface area contributed by atoms with E-state index in [0.29, 0.717) is 30.4 Å². The van der Waals surface area contributed by atoms with Gasteiger partial charge in [-0.05, 0) is 24.3 Å². The van der Waals surface area contributed by atoms with Crippen molar-refractivity contribution in [3.05, 3.63) is 29.3 Å². The van der Waals surface area contributed by atoms with Crippen LogP contribution in [0.4, 0.5) is 0 Å². The van der Waals surface area contributed by atoms with Gasteiger partial charge in [-0.25, -0.2) is 8.42 Å². The van der Waals surface area contributed by atoms with Gasteiger partial charge in [0.05, 0.1) is 24.6 Å². The van der Waals surface area contributed by atoms with Crippen molar-refractivity contribution in [1.82, 2.24) is 0 Å². The molecule has 1 heterocycles. The molecule has 1 unspecified atom stereocenters. The largest absolute Gasteiger partial charge is 1.00 e. The smallest absolute Gasteiger partial charge is 0.161 e. The molecule has 1 fully saturated rings. The van der Waals surface area contributed by atoms with E-state index in [0.717, 1.165) is 4.90 Å². The van der Waals surface area contributed by atoms with Gasteiger partial charge in [0.1, 0.15) is 25.0 Å². The molecule has 1 aromatic carbocycles. The van der Waals surface area contributed by atoms with Gasteiger partial charge in [-0.15, -0.1) is 0 Å². The highest BCUT2D eigenvalue weighted by Gasteiger charge is 2.26. The fraction of sp³-hybridized carbons (Fsp3) is 0.538. The van der Waals surface area contributed by atoms with Crippen LogP contribution in [0.25, 0.3) is 0 Å². The summed E-state index contributed by atoms with van der Waals surface area (Å²) < 4.78 is 28.1. The zero-order valence-electron chi connectivity index (χ0n) is 11.5. The van der Waals surface area contributed by atoms with Gasteiger partial charge in [-0.1, -0.05) is 11.6 Å². The molecule has 1 aliphatic heterocycles. The van der Waals surface area contributed by atoms with Crippen LogP contribution in [0.5, 0.6) is 5.75 Å². The number of benzene rings is 1. The Balaban J connectivity index is 0.00000220. The number of halogens is 2. The molecule has 1 saturated heterocycles. The Hall–Kier alpha value is -0.530. The van der Waals surface area contributed by atoms with Crippen LogP contribution in [-0.2, 0) is 9.84 Å². The third kappa shape index (κ3) is 6.40. The number of aliphatic hydroxyl groups excluding tert-OH is 1. The number of quaternary nitrogens is 1. The lowest BCUT2D eigenvalue weighted by atomic mass is 10.3. The van der Waals surface area contributed by atoms with Gasteiger partial charge >= 0.3 is 0 Å². The fourth-order valence-electron chi connectivity index (χ4n) is 2.15. The summed E-state index contributed by atoms with van der Waals surface area (Å²) in [6, 6.07) is 6.94. The van der Waals surface area contributed by atoms with Gasteiger partial charge < -0.3 is 27.2 Å². The van der Waals surface area contributed by atoms with E-state index < -0.39 is 15.9 Å². The van der Waals surface area contributed by atoms with E-state index in [2.05, 4.69) is 0 Å². The monoisotopic (exact) mass is 355 g/mol. The van der Waals surface area contributed by atoms with E-state index in [9.17, 15) is 13.5 Å². The van der Waals surface area contributed by atoms with Crippen molar-refractivity contribution >= 4 is 21.4 Å². The molecule has 0 aliphatic carbocycles. The average molecular weight is 356 g/mol. The van der Waals surface area contributed by atoms with Crippen molar-refractivity contribution in [3.63, 3.8) is 0 Å². The third-order valence-electron chi connectivity index (χ3n) is 3.31. The minimum Gasteiger partial charge on any atom is -1.00 e. The standard InChI is InChI=1S/C13H18ClNO4S.ClH/c14-11-1-3-13(4-2-11)19-10-12(16)9-15-5-7-20(17,18)8-6-15;/h1-4,12,16H,5-10H2;1H. The van der Waals surface area contributed by atoms with Gasteiger partial charge in [0.2, 0.25) is 0 Å². The Bertz CT molecular complexity index is 522. The maximum Gasteiger partial charge on any atom is 0.161 e. The van der Waals surface area contributed by atoms with E-state index in [1.165, 1.54) is 0 Å². The highest BCUT2D eigenvalue weighted by atomic mass is 35.5. The summed E-state index contributed by atoms with van der Waals surface area (Å²) in [5.74, 6) is 1.06. The lowest BCUT2D eigenvalue weighted by molar-refractivity contribution is -0.899. The molecule has 2 N–H and O–H groups in total. The molecule has 0 saturated carbocycles. The predicted octanol–water partition coefficient (Wildman–Crippen LogP) is -3.60. The van der Waals surface area contributed by atoms with Gasteiger partial charge in [-0.3, -0.25) is 0 Å². The molecule has 0 bridgehead atoms. The zero-order chi connectivity index (χ0) is 14.6. The van der Waals surface area contributed by atoms with Crippen molar-refractivity contribution in [3.8, 4) is 5.75 Å². The Labute approximate surface area is 136 Å². The molecule has 0 radical (unpaired) electrons. The second-order valence-corrected chi connectivity index (χ2v) is 7.76. The van der Waals surface area contributed by atoms with Gasteiger partial charge in [0, 0.05) is 5.02 Å². The van der Waals surface area contributed by atoms with Crippen molar-refractivity contribution in [1.29, 1.82) is 0 Å². The molecule has 5 nitrogen and oxygen atoms in total. The molecule has 0 spiro atoms. The first-order valence-corrected chi connectivity index (χ1v) is 8.75. The molecule has 21 heavy (non-hydrogen) atoms. The second kappa shape index (κ2) is 8.19. The van der Waals surface area contributed by atoms with Crippen LogP contribution in [0.15, 0.2) is 24.3 Å². The highest BCUT2D eigenvalue weighted by Crippen LogP contribution is 2.15. The predicted molar refractivity (Wildman–Crippen MR) is 77.2 cm³/mol. The normalized spacial score (nSPS) is 19.5. The minimum atomic E-state index is -2.86. The van der Waals surface area contributed by atoms with Crippen LogP contribution in [-0.4, -0.2) is 57.4 Å². The summed E-state index contributed by atoms with van der Waals surface area (Å²) in [5.41, 5.74) is 0. The quantitative estimate of drug-likeness (QED) is 0.572. The summed E-state index contributed by atoms with van der Waals surface area (Å²) in [6.07, 6.45) is -0.610. The molecule has 1 aliphatic rings. The van der Waals surface area contributed by atoms with Gasteiger partial charge in [-0.2, -0.15) is 0 Å². The van der Waals surface area contributed by atoms with Gasteiger partial charge in [0.25, 0.3) is 0 Å². The van der Waals surface area contributed by atoms with Crippen LogP contribution in [0, 0.1) is 0 Å². The Morgan fingerprint density at radius 3 is 2.38 bits per heavy atom. The fourth-order valence-corrected chi connectivity index (χ4v) is 3.68. The number of sulfone groups is 1. The maximum absolute atomic E-state index is 11.3. The third-order valence-corrected chi connectivity index (χ3v) is 5.22. The van der Waals surface area contributed by atoms with Crippen LogP contribution < -0.4 is 22.0 Å². The summed E-state index contributed by atoms with van der Waals surface area (Å²) in [6.45, 7) is 1.81. The lowest BCUT2D eigenvalue weighted by Gasteiger charge is -2.25. The minimum absolute atomic E-state index is 0. The molecule has 2 rings (SSSR count). The number of nitrogens with one attached hydrogen (secondary N) is 1. The SMILES string of the molecule is O=S1(=O)CC[NH+](CC(O)COc2ccc(Cl)cc2)CC1.[Cl-]. The summed E-state index contributed by atoms with van der Waals surface area (Å²) in [4.78, 5) is 1.10. The lowest BCUT2D eigenvalue weighted by Crippen LogP contribution is -3.15. The number of hydrogen-bond donors (Lipinski definition) is 2. The number of hydrogen-bond acceptors (Lipinski definition) is 4. The Kier molecular flexibility index (Phi) is 7.23. The van der Waals surface area contributed by atoms with E-state index >= 15 is 0 Å². The average Bonchev–Trinajstić information content (AvgIpc) is 2.41. The molecular weight excluding hydrogens is 337 g/mol. The van der Waals surface area contributed by atoms with Crippen LogP contribution in [0.3, 0.4) is 0 Å². The highest BCUT2D eigenvalue weighted by molar-refractivity contribution is 7.91. The topological polar surface area (TPSA) is 68.0 Å². The Morgan fingerprint density at radius 1 is 1.24 bits per heavy atom. The summed E-state index contributed by atoms with van der Waals surface area (Å²) in [7, 11) is -2.86. The van der Waals surface area contributed by atoms with Crippen molar-refractivity contribution in [2.75, 3.05) is 37.7 Å². The number of aliphatic hydroxyl groups is 1. The molecular formula is C13H19Cl2NO4S. The van der Waals surface area contributed by atoms with E-state index in [-0.39, 0.29) is 30.5 Å². The molecule has 8 heteroatoms. The summed E-state index contributed by atoms with van der Waals surface area (Å²) >= 11 is 5.77. The molecule has 120 valence electrons. The first-order chi connectivity index (χ1) is 9.44. The summed E-state index contributed by atoms with van der Waals surface area (Å²) in [5, 5.41) is 10.6. The molecule has 1 atom stereocenters. The van der Waals surface area contributed by atoms with E-state index in [1.54, 1.807) is 24.3 Å². The van der Waals surface area contributed by atoms with Crippen LogP contribution in [0.1, 0.15) is 0 Å².